The van der Waals surface area contributed by atoms with Gasteiger partial charge in [-0.2, -0.15) is 0 Å². The van der Waals surface area contributed by atoms with Crippen molar-refractivity contribution in [1.29, 1.82) is 0 Å². The summed E-state index contributed by atoms with van der Waals surface area (Å²) in [4.78, 5) is 72.9. The van der Waals surface area contributed by atoms with Crippen molar-refractivity contribution in [2.24, 2.45) is 23.7 Å². The van der Waals surface area contributed by atoms with Gasteiger partial charge in [0.1, 0.15) is 19.3 Å². The summed E-state index contributed by atoms with van der Waals surface area (Å²) in [5, 5.41) is 10.6. The Balaban J connectivity index is 5.25. The quantitative estimate of drug-likeness (QED) is 0.0222. The SMILES string of the molecule is CCC(C)CCCCCCCCCCCCCCCCC(=O)O[C@H](COC(=O)CCCCCCCCCC(C)C)COP(=O)(O)OCC(O)COP(=O)(O)OC[C@@H](COC(=O)CCCCCCCCCCCCCC(C)C)OC(=O)CCCCCCCCCCCCCCC(C)C. The van der Waals surface area contributed by atoms with E-state index in [1.165, 1.54) is 193 Å². The van der Waals surface area contributed by atoms with Gasteiger partial charge in [-0.15, -0.1) is 0 Å². The predicted molar refractivity (Wildman–Crippen MR) is 395 cm³/mol. The van der Waals surface area contributed by atoms with E-state index < -0.39 is 97.5 Å². The molecule has 0 amide bonds. The second-order valence-electron chi connectivity index (χ2n) is 29.8. The van der Waals surface area contributed by atoms with Gasteiger partial charge in [-0.25, -0.2) is 9.13 Å². The molecule has 6 atom stereocenters. The Morgan fingerprint density at radius 1 is 0.289 bits per heavy atom. The molecule has 576 valence electrons. The van der Waals surface area contributed by atoms with Crippen LogP contribution >= 0.6 is 15.6 Å². The molecule has 0 aliphatic heterocycles. The highest BCUT2D eigenvalue weighted by atomic mass is 31.2. The number of unbranched alkanes of at least 4 members (excludes halogenated alkanes) is 40. The maximum atomic E-state index is 13.1. The average Bonchev–Trinajstić information content (AvgIpc) is 1.26. The molecule has 0 aliphatic rings. The first-order valence-corrected chi connectivity index (χ1v) is 43.2. The third kappa shape index (κ3) is 70.9. The molecular weight excluding hydrogens is 1270 g/mol. The lowest BCUT2D eigenvalue weighted by atomic mass is 9.99. The molecular formula is C78H152O17P2. The molecule has 0 saturated carbocycles. The van der Waals surface area contributed by atoms with Gasteiger partial charge in [0.15, 0.2) is 12.2 Å². The summed E-state index contributed by atoms with van der Waals surface area (Å²) < 4.78 is 68.6. The molecule has 0 radical (unpaired) electrons. The number of esters is 4. The minimum Gasteiger partial charge on any atom is -0.462 e. The van der Waals surface area contributed by atoms with Crippen molar-refractivity contribution in [3.63, 3.8) is 0 Å². The van der Waals surface area contributed by atoms with Gasteiger partial charge in [0.2, 0.25) is 0 Å². The van der Waals surface area contributed by atoms with Crippen molar-refractivity contribution < 1.29 is 80.2 Å². The van der Waals surface area contributed by atoms with Crippen molar-refractivity contribution in [3.05, 3.63) is 0 Å². The first kappa shape index (κ1) is 95.1. The van der Waals surface area contributed by atoms with E-state index in [1.54, 1.807) is 0 Å². The van der Waals surface area contributed by atoms with E-state index in [4.69, 9.17) is 37.0 Å². The number of carbonyl (C=O) groups is 4. The number of hydrogen-bond donors (Lipinski definition) is 3. The maximum Gasteiger partial charge on any atom is 0.472 e. The Hall–Kier alpha value is -1.94. The molecule has 0 aliphatic carbocycles. The number of phosphoric acid groups is 2. The zero-order valence-corrected chi connectivity index (χ0v) is 65.5. The molecule has 0 spiro atoms. The second-order valence-corrected chi connectivity index (χ2v) is 32.7. The topological polar surface area (TPSA) is 237 Å². The van der Waals surface area contributed by atoms with Crippen LogP contribution < -0.4 is 0 Å². The zero-order chi connectivity index (χ0) is 71.7. The molecule has 0 saturated heterocycles. The monoisotopic (exact) mass is 1420 g/mol. The summed E-state index contributed by atoms with van der Waals surface area (Å²) in [5.41, 5.74) is 0. The predicted octanol–water partition coefficient (Wildman–Crippen LogP) is 22.8. The van der Waals surface area contributed by atoms with Crippen LogP contribution in [0.2, 0.25) is 0 Å². The number of aliphatic hydroxyl groups excluding tert-OH is 1. The zero-order valence-electron chi connectivity index (χ0n) is 63.7. The van der Waals surface area contributed by atoms with E-state index in [2.05, 4.69) is 55.4 Å². The minimum absolute atomic E-state index is 0.106. The molecule has 0 rings (SSSR count). The Labute approximate surface area is 594 Å². The normalized spacial score (nSPS) is 14.4. The van der Waals surface area contributed by atoms with Crippen LogP contribution in [-0.2, 0) is 65.4 Å². The highest BCUT2D eigenvalue weighted by molar-refractivity contribution is 7.47. The van der Waals surface area contributed by atoms with Gasteiger partial charge < -0.3 is 33.8 Å². The van der Waals surface area contributed by atoms with Gasteiger partial charge in [0.25, 0.3) is 0 Å². The number of aliphatic hydroxyl groups is 1. The third-order valence-corrected chi connectivity index (χ3v) is 20.3. The van der Waals surface area contributed by atoms with Crippen LogP contribution in [0, 0.1) is 23.7 Å². The molecule has 97 heavy (non-hydrogen) atoms. The molecule has 0 aromatic rings. The van der Waals surface area contributed by atoms with E-state index in [9.17, 15) is 43.2 Å². The van der Waals surface area contributed by atoms with Crippen LogP contribution in [0.15, 0.2) is 0 Å². The van der Waals surface area contributed by atoms with Crippen molar-refractivity contribution in [2.75, 3.05) is 39.6 Å². The molecule has 19 heteroatoms. The van der Waals surface area contributed by atoms with Crippen LogP contribution in [0.1, 0.15) is 396 Å². The highest BCUT2D eigenvalue weighted by Gasteiger charge is 2.30. The van der Waals surface area contributed by atoms with Crippen molar-refractivity contribution in [1.82, 2.24) is 0 Å². The number of ether oxygens (including phenoxy) is 4. The molecule has 0 aromatic heterocycles. The molecule has 4 unspecified atom stereocenters. The van der Waals surface area contributed by atoms with Gasteiger partial charge in [0.05, 0.1) is 26.4 Å². The smallest absolute Gasteiger partial charge is 0.462 e. The molecule has 0 fully saturated rings. The van der Waals surface area contributed by atoms with Crippen molar-refractivity contribution >= 4 is 39.5 Å². The maximum absolute atomic E-state index is 13.1. The summed E-state index contributed by atoms with van der Waals surface area (Å²) in [5.74, 6) is 0.980. The van der Waals surface area contributed by atoms with Crippen LogP contribution in [0.5, 0.6) is 0 Å². The standard InChI is InChI=1S/C78H152O17P2/c1-9-71(8)57-49-41-33-25-19-12-10-11-13-20-27-35-44-52-60-77(82)95-74(65-89-76(81)59-51-43-37-29-32-40-48-56-70(6)7)67-93-97(86,87)91-63-72(79)62-90-96(84,85)92-66-73(64-88-75(80)58-50-42-34-26-22-16-18-24-31-39-47-55-69(4)5)94-78(83)61-53-45-36-28-21-15-14-17-23-30-38-46-54-68(2)3/h68-74,79H,9-67H2,1-8H3,(H,84,85)(H,86,87)/t71?,72?,73-,74-/m1/s1. The lowest BCUT2D eigenvalue weighted by Gasteiger charge is -2.21. The van der Waals surface area contributed by atoms with E-state index in [0.29, 0.717) is 31.6 Å². The van der Waals surface area contributed by atoms with E-state index in [0.717, 1.165) is 114 Å². The average molecular weight is 1420 g/mol. The fourth-order valence-electron chi connectivity index (χ4n) is 11.9. The molecule has 17 nitrogen and oxygen atoms in total. The molecule has 3 N–H and O–H groups in total. The minimum atomic E-state index is -4.96. The summed E-state index contributed by atoms with van der Waals surface area (Å²) in [6.07, 6.45) is 52.7. The first-order valence-electron chi connectivity index (χ1n) is 40.2. The van der Waals surface area contributed by atoms with Crippen molar-refractivity contribution in [3.8, 4) is 0 Å². The fourth-order valence-corrected chi connectivity index (χ4v) is 13.5. The van der Waals surface area contributed by atoms with Crippen LogP contribution in [0.3, 0.4) is 0 Å². The summed E-state index contributed by atoms with van der Waals surface area (Å²) in [6, 6.07) is 0. The number of phosphoric ester groups is 2. The largest absolute Gasteiger partial charge is 0.472 e. The number of hydrogen-bond acceptors (Lipinski definition) is 15. The first-order chi connectivity index (χ1) is 46.6. The van der Waals surface area contributed by atoms with E-state index in [1.807, 2.05) is 0 Å². The second kappa shape index (κ2) is 67.2. The van der Waals surface area contributed by atoms with E-state index in [-0.39, 0.29) is 25.7 Å². The van der Waals surface area contributed by atoms with E-state index >= 15 is 0 Å². The van der Waals surface area contributed by atoms with Crippen molar-refractivity contribution in [2.45, 2.75) is 414 Å². The highest BCUT2D eigenvalue weighted by Crippen LogP contribution is 2.45. The Bertz CT molecular complexity index is 1900. The summed E-state index contributed by atoms with van der Waals surface area (Å²) in [6.45, 7) is 14.2. The van der Waals surface area contributed by atoms with Crippen LogP contribution in [0.25, 0.3) is 0 Å². The molecule has 0 aromatic carbocycles. The molecule has 0 bridgehead atoms. The number of carbonyl (C=O) groups excluding carboxylic acids is 4. The summed E-state index contributed by atoms with van der Waals surface area (Å²) >= 11 is 0. The molecule has 0 heterocycles. The van der Waals surface area contributed by atoms with Gasteiger partial charge in [-0.05, 0) is 49.4 Å². The van der Waals surface area contributed by atoms with Crippen LogP contribution in [-0.4, -0.2) is 96.7 Å². The fraction of sp³-hybridized carbons (Fsp3) is 0.949. The van der Waals surface area contributed by atoms with Gasteiger partial charge in [0, 0.05) is 25.7 Å². The Kier molecular flexibility index (Phi) is 65.9. The van der Waals surface area contributed by atoms with Gasteiger partial charge in [-0.1, -0.05) is 344 Å². The lowest BCUT2D eigenvalue weighted by Crippen LogP contribution is -2.30. The Morgan fingerprint density at radius 2 is 0.495 bits per heavy atom. The van der Waals surface area contributed by atoms with Crippen LogP contribution in [0.4, 0.5) is 0 Å². The Morgan fingerprint density at radius 3 is 0.732 bits per heavy atom. The third-order valence-electron chi connectivity index (χ3n) is 18.4. The summed E-state index contributed by atoms with van der Waals surface area (Å²) in [7, 11) is -9.92. The number of rotatable bonds is 75. The van der Waals surface area contributed by atoms with Gasteiger partial charge in [-0.3, -0.25) is 37.3 Å². The van der Waals surface area contributed by atoms with Gasteiger partial charge >= 0.3 is 39.5 Å². The lowest BCUT2D eigenvalue weighted by molar-refractivity contribution is -0.161.